The van der Waals surface area contributed by atoms with Crippen LogP contribution in [-0.4, -0.2) is 40.8 Å². The molecule has 23 heavy (non-hydrogen) atoms. The predicted molar refractivity (Wildman–Crippen MR) is 92.7 cm³/mol. The number of methoxy groups -OCH3 is 1. The number of nitrogens with one attached hydrogen (secondary N) is 1. The lowest BCUT2D eigenvalue weighted by molar-refractivity contribution is -0.119. The van der Waals surface area contributed by atoms with Gasteiger partial charge in [0.2, 0.25) is 15.9 Å². The zero-order valence-electron chi connectivity index (χ0n) is 13.6. The van der Waals surface area contributed by atoms with E-state index in [0.29, 0.717) is 17.3 Å². The third-order valence-corrected chi connectivity index (χ3v) is 4.56. The number of halogens is 1. The molecule has 0 spiro atoms. The highest BCUT2D eigenvalue weighted by Gasteiger charge is 2.24. The summed E-state index contributed by atoms with van der Waals surface area (Å²) in [4.78, 5) is 12.0. The second-order valence-electron chi connectivity index (χ2n) is 5.14. The molecule has 0 aromatic heterocycles. The molecule has 1 rings (SSSR count). The summed E-state index contributed by atoms with van der Waals surface area (Å²) in [6.07, 6.45) is 3.96. The Kier molecular flexibility index (Phi) is 7.64. The molecule has 0 saturated carbocycles. The van der Waals surface area contributed by atoms with Crippen LogP contribution in [0.5, 0.6) is 5.75 Å². The van der Waals surface area contributed by atoms with Gasteiger partial charge in [-0.25, -0.2) is 8.42 Å². The van der Waals surface area contributed by atoms with Gasteiger partial charge in [0.1, 0.15) is 12.3 Å². The molecule has 0 radical (unpaired) electrons. The first kappa shape index (κ1) is 19.6. The number of ether oxygens (including phenoxy) is 1. The average Bonchev–Trinajstić information content (AvgIpc) is 2.48. The Morgan fingerprint density at radius 1 is 1.35 bits per heavy atom. The van der Waals surface area contributed by atoms with Gasteiger partial charge in [0.05, 0.1) is 19.1 Å². The zero-order valence-corrected chi connectivity index (χ0v) is 15.2. The number of hydrogen-bond donors (Lipinski definition) is 1. The van der Waals surface area contributed by atoms with Gasteiger partial charge in [0, 0.05) is 11.6 Å². The lowest BCUT2D eigenvalue weighted by Crippen LogP contribution is -2.40. The Morgan fingerprint density at radius 3 is 2.61 bits per heavy atom. The molecule has 0 aliphatic carbocycles. The number of nitrogens with zero attached hydrogens (tertiary/aromatic N) is 1. The summed E-state index contributed by atoms with van der Waals surface area (Å²) in [5.41, 5.74) is 0.242. The number of unbranched alkanes of at least 4 members (excludes halogenated alkanes) is 2. The van der Waals surface area contributed by atoms with Gasteiger partial charge >= 0.3 is 0 Å². The molecule has 130 valence electrons. The molecular formula is C15H23ClN2O4S. The van der Waals surface area contributed by atoms with Crippen molar-refractivity contribution in [1.29, 1.82) is 0 Å². The third-order valence-electron chi connectivity index (χ3n) is 3.20. The number of carbonyl (C=O) groups excluding carboxylic acids is 1. The van der Waals surface area contributed by atoms with Crippen molar-refractivity contribution >= 4 is 33.2 Å². The summed E-state index contributed by atoms with van der Waals surface area (Å²) in [5, 5.41) is 3.08. The minimum atomic E-state index is -3.66. The molecule has 0 aliphatic heterocycles. The quantitative estimate of drug-likeness (QED) is 0.684. The second-order valence-corrected chi connectivity index (χ2v) is 7.49. The summed E-state index contributed by atoms with van der Waals surface area (Å²) in [7, 11) is -2.24. The van der Waals surface area contributed by atoms with Crippen molar-refractivity contribution in [2.75, 3.05) is 30.8 Å². The van der Waals surface area contributed by atoms with E-state index in [9.17, 15) is 13.2 Å². The van der Waals surface area contributed by atoms with Crippen LogP contribution in [0.1, 0.15) is 26.2 Å². The molecule has 1 amide bonds. The van der Waals surface area contributed by atoms with E-state index in [2.05, 4.69) is 12.2 Å². The molecule has 0 aliphatic rings. The van der Waals surface area contributed by atoms with E-state index in [1.165, 1.54) is 13.2 Å². The number of sulfonamides is 1. The van der Waals surface area contributed by atoms with Gasteiger partial charge < -0.3 is 10.1 Å². The van der Waals surface area contributed by atoms with E-state index < -0.39 is 10.0 Å². The lowest BCUT2D eigenvalue weighted by atomic mass is 10.2. The van der Waals surface area contributed by atoms with Crippen LogP contribution in [-0.2, 0) is 14.8 Å². The standard InChI is InChI=1S/C15H23ClN2O4S/c1-4-5-6-9-17-15(19)11-18(23(3,20)21)13-10-12(16)7-8-14(13)22-2/h7-8,10H,4-6,9,11H2,1-3H3,(H,17,19). The summed E-state index contributed by atoms with van der Waals surface area (Å²) in [6.45, 7) is 2.28. The number of hydrogen-bond acceptors (Lipinski definition) is 4. The molecule has 1 aromatic rings. The Labute approximate surface area is 142 Å². The largest absolute Gasteiger partial charge is 0.495 e. The Morgan fingerprint density at radius 2 is 2.04 bits per heavy atom. The monoisotopic (exact) mass is 362 g/mol. The highest BCUT2D eigenvalue weighted by molar-refractivity contribution is 7.92. The van der Waals surface area contributed by atoms with Gasteiger partial charge in [-0.2, -0.15) is 0 Å². The van der Waals surface area contributed by atoms with Crippen LogP contribution in [0.15, 0.2) is 18.2 Å². The minimum absolute atomic E-state index is 0.242. The van der Waals surface area contributed by atoms with Crippen LogP contribution >= 0.6 is 11.6 Å². The van der Waals surface area contributed by atoms with E-state index in [1.54, 1.807) is 12.1 Å². The number of carbonyl (C=O) groups is 1. The second kappa shape index (κ2) is 8.98. The highest BCUT2D eigenvalue weighted by Crippen LogP contribution is 2.32. The van der Waals surface area contributed by atoms with Crippen molar-refractivity contribution in [3.63, 3.8) is 0 Å². The van der Waals surface area contributed by atoms with E-state index in [-0.39, 0.29) is 18.1 Å². The third kappa shape index (κ3) is 6.27. The van der Waals surface area contributed by atoms with E-state index in [0.717, 1.165) is 29.8 Å². The molecule has 0 bridgehead atoms. The average molecular weight is 363 g/mol. The van der Waals surface area contributed by atoms with Crippen LogP contribution in [0.25, 0.3) is 0 Å². The maximum Gasteiger partial charge on any atom is 0.240 e. The van der Waals surface area contributed by atoms with Crippen LogP contribution in [0.3, 0.4) is 0 Å². The van der Waals surface area contributed by atoms with Gasteiger partial charge in [-0.1, -0.05) is 31.4 Å². The Bertz CT molecular complexity index is 634. The smallest absolute Gasteiger partial charge is 0.240 e. The normalized spacial score (nSPS) is 11.1. The molecule has 8 heteroatoms. The van der Waals surface area contributed by atoms with E-state index >= 15 is 0 Å². The highest BCUT2D eigenvalue weighted by atomic mass is 35.5. The first-order valence-corrected chi connectivity index (χ1v) is 9.60. The number of rotatable bonds is 9. The Balaban J connectivity index is 2.95. The molecule has 0 fully saturated rings. The first-order valence-electron chi connectivity index (χ1n) is 7.37. The van der Waals surface area contributed by atoms with Crippen LogP contribution < -0.4 is 14.4 Å². The zero-order chi connectivity index (χ0) is 17.5. The molecule has 0 unspecified atom stereocenters. The van der Waals surface area contributed by atoms with Gasteiger partial charge in [0.25, 0.3) is 0 Å². The van der Waals surface area contributed by atoms with Gasteiger partial charge in [0.15, 0.2) is 0 Å². The maximum absolute atomic E-state index is 12.1. The summed E-state index contributed by atoms with van der Waals surface area (Å²) < 4.78 is 30.3. The minimum Gasteiger partial charge on any atom is -0.495 e. The molecule has 0 atom stereocenters. The fourth-order valence-electron chi connectivity index (χ4n) is 2.03. The number of benzene rings is 1. The van der Waals surface area contributed by atoms with Crippen LogP contribution in [0, 0.1) is 0 Å². The van der Waals surface area contributed by atoms with Gasteiger partial charge in [-0.15, -0.1) is 0 Å². The fraction of sp³-hybridized carbons (Fsp3) is 0.533. The molecule has 6 nitrogen and oxygen atoms in total. The van der Waals surface area contributed by atoms with Gasteiger partial charge in [-0.05, 0) is 24.6 Å². The predicted octanol–water partition coefficient (Wildman–Crippen LogP) is 2.42. The first-order chi connectivity index (χ1) is 10.8. The number of anilines is 1. The van der Waals surface area contributed by atoms with Crippen molar-refractivity contribution in [2.45, 2.75) is 26.2 Å². The van der Waals surface area contributed by atoms with Crippen molar-refractivity contribution in [2.24, 2.45) is 0 Å². The Hall–Kier alpha value is -1.47. The van der Waals surface area contributed by atoms with Crippen molar-refractivity contribution in [1.82, 2.24) is 5.32 Å². The number of amides is 1. The molecular weight excluding hydrogens is 340 g/mol. The summed E-state index contributed by atoms with van der Waals surface area (Å²) >= 11 is 5.95. The molecule has 0 saturated heterocycles. The van der Waals surface area contributed by atoms with E-state index in [1.807, 2.05) is 0 Å². The van der Waals surface area contributed by atoms with Crippen LogP contribution in [0.2, 0.25) is 5.02 Å². The summed E-state index contributed by atoms with van der Waals surface area (Å²) in [5.74, 6) is -0.0350. The molecule has 1 N–H and O–H groups in total. The topological polar surface area (TPSA) is 75.7 Å². The van der Waals surface area contributed by atoms with Crippen molar-refractivity contribution < 1.29 is 17.9 Å². The molecule has 1 aromatic carbocycles. The molecule has 0 heterocycles. The lowest BCUT2D eigenvalue weighted by Gasteiger charge is -2.24. The van der Waals surface area contributed by atoms with Crippen molar-refractivity contribution in [3.8, 4) is 5.75 Å². The van der Waals surface area contributed by atoms with Crippen molar-refractivity contribution in [3.05, 3.63) is 23.2 Å². The van der Waals surface area contributed by atoms with Crippen LogP contribution in [0.4, 0.5) is 5.69 Å². The summed E-state index contributed by atoms with van der Waals surface area (Å²) in [6, 6.07) is 4.62. The van der Waals surface area contributed by atoms with E-state index in [4.69, 9.17) is 16.3 Å². The fourth-order valence-corrected chi connectivity index (χ4v) is 3.05. The maximum atomic E-state index is 12.1. The SMILES string of the molecule is CCCCCNC(=O)CN(c1cc(Cl)ccc1OC)S(C)(=O)=O. The van der Waals surface area contributed by atoms with Gasteiger partial charge in [-0.3, -0.25) is 9.10 Å².